The van der Waals surface area contributed by atoms with Crippen LogP contribution in [-0.4, -0.2) is 23.5 Å². The van der Waals surface area contributed by atoms with Gasteiger partial charge in [-0.25, -0.2) is 0 Å². The molecule has 0 bridgehead atoms. The second kappa shape index (κ2) is 8.38. The van der Waals surface area contributed by atoms with Crippen LogP contribution in [0.1, 0.15) is 45.8 Å². The second-order valence-corrected chi connectivity index (χ2v) is 6.44. The summed E-state index contributed by atoms with van der Waals surface area (Å²) in [6, 6.07) is 9.24. The molecule has 1 aromatic carbocycles. The molecule has 28 heavy (non-hydrogen) atoms. The van der Waals surface area contributed by atoms with Crippen LogP contribution in [0.25, 0.3) is 0 Å². The maximum Gasteiger partial charge on any atom is 0.305 e. The molecule has 3 rings (SSSR count). The van der Waals surface area contributed by atoms with Gasteiger partial charge in [0.05, 0.1) is 12.1 Å². The summed E-state index contributed by atoms with van der Waals surface area (Å²) < 4.78 is 5.73. The molecular formula is C19H22N6O3. The number of fused-ring (bicyclic) bond motifs is 1. The van der Waals surface area contributed by atoms with E-state index in [-0.39, 0.29) is 24.0 Å². The van der Waals surface area contributed by atoms with Crippen LogP contribution >= 0.6 is 0 Å². The number of hydrogen-bond donors (Lipinski definition) is 4. The van der Waals surface area contributed by atoms with Crippen molar-refractivity contribution in [2.24, 2.45) is 21.7 Å². The number of nitrogens with one attached hydrogen (secondary N) is 2. The van der Waals surface area contributed by atoms with Crippen molar-refractivity contribution in [1.82, 2.24) is 10.9 Å². The largest absolute Gasteiger partial charge is 0.455 e. The summed E-state index contributed by atoms with van der Waals surface area (Å²) in [7, 11) is 0. The van der Waals surface area contributed by atoms with Crippen molar-refractivity contribution in [2.75, 3.05) is 0 Å². The van der Waals surface area contributed by atoms with Gasteiger partial charge in [0, 0.05) is 17.5 Å². The van der Waals surface area contributed by atoms with E-state index in [1.54, 1.807) is 6.92 Å². The first-order chi connectivity index (χ1) is 13.5. The van der Waals surface area contributed by atoms with E-state index >= 15 is 0 Å². The third-order valence-electron chi connectivity index (χ3n) is 4.34. The molecule has 0 saturated carbocycles. The molecule has 1 aliphatic rings. The highest BCUT2D eigenvalue weighted by molar-refractivity contribution is 6.06. The van der Waals surface area contributed by atoms with Gasteiger partial charge in [-0.15, -0.1) is 5.10 Å². The maximum atomic E-state index is 12.5. The summed E-state index contributed by atoms with van der Waals surface area (Å²) in [6.45, 7) is 1.76. The average Bonchev–Trinajstić information content (AvgIpc) is 3.02. The first-order valence-electron chi connectivity index (χ1n) is 8.87. The summed E-state index contributed by atoms with van der Waals surface area (Å²) >= 11 is 0. The zero-order valence-corrected chi connectivity index (χ0v) is 15.5. The fraction of sp³-hybridized carbons (Fsp3) is 0.263. The van der Waals surface area contributed by atoms with Crippen LogP contribution < -0.4 is 22.3 Å². The Morgan fingerprint density at radius 2 is 1.89 bits per heavy atom. The van der Waals surface area contributed by atoms with E-state index in [2.05, 4.69) is 21.1 Å². The van der Waals surface area contributed by atoms with E-state index in [4.69, 9.17) is 15.9 Å². The Bertz CT molecular complexity index is 942. The van der Waals surface area contributed by atoms with Gasteiger partial charge in [0.15, 0.2) is 5.76 Å². The highest BCUT2D eigenvalue weighted by Gasteiger charge is 2.28. The number of nitrogens with two attached hydrogens (primary N) is 2. The first-order valence-corrected chi connectivity index (χ1v) is 8.87. The Labute approximate surface area is 161 Å². The van der Waals surface area contributed by atoms with Crippen LogP contribution in [0.2, 0.25) is 0 Å². The number of guanidine groups is 1. The molecule has 0 aliphatic heterocycles. The lowest BCUT2D eigenvalue weighted by molar-refractivity contribution is -0.121. The molecule has 0 atom stereocenters. The van der Waals surface area contributed by atoms with Gasteiger partial charge in [-0.2, -0.15) is 5.10 Å². The Morgan fingerprint density at radius 3 is 2.61 bits per heavy atom. The molecule has 0 spiro atoms. The van der Waals surface area contributed by atoms with Gasteiger partial charge in [-0.1, -0.05) is 30.3 Å². The monoisotopic (exact) mass is 382 g/mol. The second-order valence-electron chi connectivity index (χ2n) is 6.44. The summed E-state index contributed by atoms with van der Waals surface area (Å²) in [5.41, 5.74) is 18.4. The number of furan rings is 1. The van der Waals surface area contributed by atoms with Crippen molar-refractivity contribution in [3.05, 3.63) is 58.5 Å². The van der Waals surface area contributed by atoms with Gasteiger partial charge in [0.25, 0.3) is 0 Å². The van der Waals surface area contributed by atoms with Crippen LogP contribution in [0.4, 0.5) is 0 Å². The minimum absolute atomic E-state index is 0.129. The molecule has 0 radical (unpaired) electrons. The number of amides is 2. The molecule has 1 aliphatic carbocycles. The maximum absolute atomic E-state index is 12.5. The summed E-state index contributed by atoms with van der Waals surface area (Å²) in [6.07, 6.45) is 2.33. The topological polar surface area (TPSA) is 148 Å². The van der Waals surface area contributed by atoms with Crippen molar-refractivity contribution in [1.29, 1.82) is 0 Å². The van der Waals surface area contributed by atoms with Gasteiger partial charge in [0.2, 0.25) is 11.9 Å². The number of carbonyl (C=O) groups is 2. The predicted octanol–water partition coefficient (Wildman–Crippen LogP) is 0.906. The lowest BCUT2D eigenvalue weighted by Gasteiger charge is -2.11. The molecule has 2 aromatic rings. The zero-order valence-electron chi connectivity index (χ0n) is 15.5. The number of carbonyl (C=O) groups excluding carboxylic acids is 2. The van der Waals surface area contributed by atoms with Gasteiger partial charge < -0.3 is 15.9 Å². The minimum atomic E-state index is -0.533. The molecule has 0 saturated heterocycles. The highest BCUT2D eigenvalue weighted by atomic mass is 16.4. The highest BCUT2D eigenvalue weighted by Crippen LogP contribution is 2.30. The third-order valence-corrected chi connectivity index (χ3v) is 4.34. The standard InChI is InChI=1S/C19H22N6O3/c1-11-16-13(22-25-19(20)21)8-5-9-14(16)28-17(11)18(27)24-23-15(26)10-12-6-3-2-4-7-12/h2-4,6-7H,5,8-10H2,1H3,(H,23,26)(H,24,27)(H4,20,21,25)/b22-13+. The number of rotatable bonds is 4. The van der Waals surface area contributed by atoms with Crippen LogP contribution in [-0.2, 0) is 17.6 Å². The number of hydrogen-bond acceptors (Lipinski definition) is 5. The molecule has 9 heteroatoms. The van der Waals surface area contributed by atoms with E-state index in [0.29, 0.717) is 29.9 Å². The van der Waals surface area contributed by atoms with Crippen molar-refractivity contribution in [2.45, 2.75) is 32.6 Å². The number of hydrazine groups is 1. The molecule has 1 aromatic heterocycles. The smallest absolute Gasteiger partial charge is 0.305 e. The van der Waals surface area contributed by atoms with Gasteiger partial charge in [-0.3, -0.25) is 20.4 Å². The van der Waals surface area contributed by atoms with Crippen molar-refractivity contribution in [3.63, 3.8) is 0 Å². The Hall–Kier alpha value is -3.62. The minimum Gasteiger partial charge on any atom is -0.455 e. The normalized spacial score (nSPS) is 14.2. The predicted molar refractivity (Wildman–Crippen MR) is 104 cm³/mol. The molecule has 146 valence electrons. The zero-order chi connectivity index (χ0) is 20.1. The van der Waals surface area contributed by atoms with E-state index in [0.717, 1.165) is 17.5 Å². The van der Waals surface area contributed by atoms with Crippen LogP contribution in [0.15, 0.2) is 45.0 Å². The summed E-state index contributed by atoms with van der Waals surface area (Å²) in [5, 5.41) is 7.77. The average molecular weight is 382 g/mol. The fourth-order valence-electron chi connectivity index (χ4n) is 3.11. The number of nitrogens with zero attached hydrogens (tertiary/aromatic N) is 2. The van der Waals surface area contributed by atoms with Gasteiger partial charge >= 0.3 is 5.91 Å². The Kier molecular flexibility index (Phi) is 5.73. The molecular weight excluding hydrogens is 360 g/mol. The Balaban J connectivity index is 1.70. The first kappa shape index (κ1) is 19.2. The van der Waals surface area contributed by atoms with E-state index in [9.17, 15) is 9.59 Å². The SMILES string of the molecule is Cc1c(C(=O)NNC(=O)Cc2ccccc2)oc2c1/C(=N/N=C(N)N)CCC2. The molecule has 0 fully saturated rings. The van der Waals surface area contributed by atoms with Crippen LogP contribution in [0, 0.1) is 6.92 Å². The van der Waals surface area contributed by atoms with Crippen molar-refractivity contribution >= 4 is 23.5 Å². The third kappa shape index (κ3) is 4.37. The van der Waals surface area contributed by atoms with Crippen LogP contribution in [0.3, 0.4) is 0 Å². The van der Waals surface area contributed by atoms with Crippen LogP contribution in [0.5, 0.6) is 0 Å². The summed E-state index contributed by atoms with van der Waals surface area (Å²) in [4.78, 5) is 24.5. The van der Waals surface area contributed by atoms with Crippen molar-refractivity contribution < 1.29 is 14.0 Å². The lowest BCUT2D eigenvalue weighted by atomic mass is 9.93. The molecule has 0 unspecified atom stereocenters. The molecule has 1 heterocycles. The van der Waals surface area contributed by atoms with Crippen molar-refractivity contribution in [3.8, 4) is 0 Å². The van der Waals surface area contributed by atoms with Gasteiger partial charge in [-0.05, 0) is 25.3 Å². The fourth-order valence-corrected chi connectivity index (χ4v) is 3.11. The quantitative estimate of drug-likeness (QED) is 0.352. The lowest BCUT2D eigenvalue weighted by Crippen LogP contribution is -2.42. The molecule has 2 amide bonds. The Morgan fingerprint density at radius 1 is 1.14 bits per heavy atom. The summed E-state index contributed by atoms with van der Waals surface area (Å²) in [5.74, 6) is -0.212. The number of benzene rings is 1. The van der Waals surface area contributed by atoms with Gasteiger partial charge in [0.1, 0.15) is 5.76 Å². The van der Waals surface area contributed by atoms with E-state index in [1.165, 1.54) is 0 Å². The number of aryl methyl sites for hydroxylation is 1. The molecule has 6 N–H and O–H groups in total. The van der Waals surface area contributed by atoms with E-state index in [1.807, 2.05) is 30.3 Å². The molecule has 9 nitrogen and oxygen atoms in total. The van der Waals surface area contributed by atoms with E-state index < -0.39 is 5.91 Å².